The molecule has 1 aromatic heterocycles. The molecule has 2 heterocycles. The van der Waals surface area contributed by atoms with Gasteiger partial charge in [0.25, 0.3) is 0 Å². The number of hydrogen-bond acceptors (Lipinski definition) is 4. The number of carbonyl (C=O) groups is 2. The third-order valence-corrected chi connectivity index (χ3v) is 4.43. The van der Waals surface area contributed by atoms with Gasteiger partial charge in [-0.3, -0.25) is 14.3 Å². The van der Waals surface area contributed by atoms with Crippen LogP contribution in [0.25, 0.3) is 0 Å². The van der Waals surface area contributed by atoms with Crippen LogP contribution in [0.3, 0.4) is 0 Å². The smallest absolute Gasteiger partial charge is 0.245 e. The molecule has 0 spiro atoms. The van der Waals surface area contributed by atoms with Gasteiger partial charge < -0.3 is 15.0 Å². The van der Waals surface area contributed by atoms with Gasteiger partial charge in [-0.1, -0.05) is 0 Å². The quantitative estimate of drug-likeness (QED) is 0.807. The number of aromatic nitrogens is 2. The lowest BCUT2D eigenvalue weighted by Crippen LogP contribution is -2.50. The number of nitrogens with zero attached hydrogens (tertiary/aromatic N) is 3. The molecule has 1 aliphatic heterocycles. The molecule has 0 bridgehead atoms. The van der Waals surface area contributed by atoms with Crippen molar-refractivity contribution >= 4 is 11.8 Å². The Balaban J connectivity index is 2.07. The molecule has 2 atom stereocenters. The van der Waals surface area contributed by atoms with Crippen LogP contribution in [-0.4, -0.2) is 58.8 Å². The summed E-state index contributed by atoms with van der Waals surface area (Å²) in [7, 11) is 1.59. The van der Waals surface area contributed by atoms with Gasteiger partial charge in [0.15, 0.2) is 0 Å². The number of likely N-dealkylation sites (tertiary alicyclic amines) is 1. The number of nitrogens with one attached hydrogen (secondary N) is 1. The Bertz CT molecular complexity index is 584. The molecule has 1 aliphatic rings. The molecule has 1 N–H and O–H groups in total. The van der Waals surface area contributed by atoms with Crippen molar-refractivity contribution in [3.63, 3.8) is 0 Å². The largest absolute Gasteiger partial charge is 0.385 e. The second kappa shape index (κ2) is 8.28. The fourth-order valence-corrected chi connectivity index (χ4v) is 3.31. The molecule has 0 radical (unpaired) electrons. The van der Waals surface area contributed by atoms with Crippen molar-refractivity contribution in [3.8, 4) is 0 Å². The first-order valence-corrected chi connectivity index (χ1v) is 8.50. The summed E-state index contributed by atoms with van der Waals surface area (Å²) in [6.07, 6.45) is 2.42. The number of carbonyl (C=O) groups excluding carboxylic acids is 2. The topological polar surface area (TPSA) is 76.5 Å². The maximum atomic E-state index is 12.9. The minimum atomic E-state index is -0.525. The van der Waals surface area contributed by atoms with Crippen LogP contribution >= 0.6 is 0 Å². The van der Waals surface area contributed by atoms with E-state index in [4.69, 9.17) is 4.74 Å². The summed E-state index contributed by atoms with van der Waals surface area (Å²) in [6, 6.07) is 1.64. The van der Waals surface area contributed by atoms with E-state index in [1.165, 1.54) is 6.92 Å². The highest BCUT2D eigenvalue weighted by Gasteiger charge is 2.33. The summed E-state index contributed by atoms with van der Waals surface area (Å²) in [6.45, 7) is 7.30. The van der Waals surface area contributed by atoms with Gasteiger partial charge in [-0.2, -0.15) is 5.10 Å². The molecule has 7 nitrogen and oxygen atoms in total. The Morgan fingerprint density at radius 3 is 2.79 bits per heavy atom. The molecule has 2 rings (SSSR count). The second-order valence-corrected chi connectivity index (χ2v) is 6.47. The lowest BCUT2D eigenvalue weighted by Gasteiger charge is -2.29. The van der Waals surface area contributed by atoms with Crippen LogP contribution < -0.4 is 5.32 Å². The number of ether oxygens (including phenoxy) is 1. The lowest BCUT2D eigenvalue weighted by molar-refractivity contribution is -0.137. The standard InChI is InChI=1S/C17H28N4O3/c1-12-10-13(2)21(19-12)11-15-6-5-8-20(15)17(23)16(7-9-24-4)18-14(3)22/h10,15-16H,5-9,11H2,1-4H3,(H,18,22)/t15-,16-/m0/s1. The van der Waals surface area contributed by atoms with Crippen molar-refractivity contribution in [1.29, 1.82) is 0 Å². The molecule has 0 aliphatic carbocycles. The van der Waals surface area contributed by atoms with E-state index in [1.807, 2.05) is 29.5 Å². The molecule has 1 saturated heterocycles. The number of amides is 2. The first-order valence-electron chi connectivity index (χ1n) is 8.50. The van der Waals surface area contributed by atoms with Crippen LogP contribution in [-0.2, 0) is 20.9 Å². The molecular formula is C17H28N4O3. The molecule has 2 amide bonds. The van der Waals surface area contributed by atoms with E-state index in [2.05, 4.69) is 10.4 Å². The Kier molecular flexibility index (Phi) is 6.36. The SMILES string of the molecule is COCC[C@H](NC(C)=O)C(=O)N1CCC[C@H]1Cn1nc(C)cc1C. The van der Waals surface area contributed by atoms with E-state index in [-0.39, 0.29) is 17.9 Å². The van der Waals surface area contributed by atoms with Gasteiger partial charge in [0.1, 0.15) is 6.04 Å². The summed E-state index contributed by atoms with van der Waals surface area (Å²) in [5.74, 6) is -0.218. The number of aryl methyl sites for hydroxylation is 2. The minimum Gasteiger partial charge on any atom is -0.385 e. The maximum absolute atomic E-state index is 12.9. The van der Waals surface area contributed by atoms with Gasteiger partial charge in [0.2, 0.25) is 11.8 Å². The number of rotatable bonds is 7. The van der Waals surface area contributed by atoms with Gasteiger partial charge >= 0.3 is 0 Å². The molecule has 24 heavy (non-hydrogen) atoms. The summed E-state index contributed by atoms with van der Waals surface area (Å²) in [5, 5.41) is 7.26. The molecule has 0 saturated carbocycles. The van der Waals surface area contributed by atoms with E-state index in [0.29, 0.717) is 19.6 Å². The third-order valence-electron chi connectivity index (χ3n) is 4.43. The molecule has 1 fully saturated rings. The predicted octanol–water partition coefficient (Wildman–Crippen LogP) is 1.03. The highest BCUT2D eigenvalue weighted by molar-refractivity contribution is 5.87. The van der Waals surface area contributed by atoms with Crippen LogP contribution in [0, 0.1) is 13.8 Å². The zero-order valence-electron chi connectivity index (χ0n) is 15.0. The normalized spacial score (nSPS) is 18.7. The molecule has 1 aromatic rings. The monoisotopic (exact) mass is 336 g/mol. The van der Waals surface area contributed by atoms with Gasteiger partial charge in [0.05, 0.1) is 18.3 Å². The Morgan fingerprint density at radius 1 is 1.46 bits per heavy atom. The first kappa shape index (κ1) is 18.4. The van der Waals surface area contributed by atoms with E-state index in [0.717, 1.165) is 30.8 Å². The summed E-state index contributed by atoms with van der Waals surface area (Å²) in [4.78, 5) is 26.2. The van der Waals surface area contributed by atoms with E-state index < -0.39 is 6.04 Å². The van der Waals surface area contributed by atoms with Gasteiger partial charge in [-0.05, 0) is 39.2 Å². The van der Waals surface area contributed by atoms with Crippen LogP contribution in [0.15, 0.2) is 6.07 Å². The van der Waals surface area contributed by atoms with Crippen molar-refractivity contribution in [2.24, 2.45) is 0 Å². The summed E-state index contributed by atoms with van der Waals surface area (Å²) in [5.41, 5.74) is 2.09. The van der Waals surface area contributed by atoms with E-state index >= 15 is 0 Å². The minimum absolute atomic E-state index is 0.0220. The molecular weight excluding hydrogens is 308 g/mol. The van der Waals surface area contributed by atoms with Crippen LogP contribution in [0.1, 0.15) is 37.6 Å². The van der Waals surface area contributed by atoms with Crippen molar-refractivity contribution in [3.05, 3.63) is 17.5 Å². The maximum Gasteiger partial charge on any atom is 0.245 e. The zero-order chi connectivity index (χ0) is 17.7. The van der Waals surface area contributed by atoms with Gasteiger partial charge in [-0.15, -0.1) is 0 Å². The Hall–Kier alpha value is -1.89. The van der Waals surface area contributed by atoms with Crippen LogP contribution in [0.4, 0.5) is 0 Å². The predicted molar refractivity (Wildman–Crippen MR) is 90.5 cm³/mol. The lowest BCUT2D eigenvalue weighted by atomic mass is 10.1. The zero-order valence-corrected chi connectivity index (χ0v) is 15.0. The Labute approximate surface area is 143 Å². The van der Waals surface area contributed by atoms with Crippen molar-refractivity contribution in [2.75, 3.05) is 20.3 Å². The van der Waals surface area contributed by atoms with E-state index in [9.17, 15) is 9.59 Å². The van der Waals surface area contributed by atoms with E-state index in [1.54, 1.807) is 7.11 Å². The van der Waals surface area contributed by atoms with Crippen LogP contribution in [0.2, 0.25) is 0 Å². The highest BCUT2D eigenvalue weighted by Crippen LogP contribution is 2.21. The molecule has 134 valence electrons. The van der Waals surface area contributed by atoms with Crippen LogP contribution in [0.5, 0.6) is 0 Å². The second-order valence-electron chi connectivity index (χ2n) is 6.47. The number of methoxy groups -OCH3 is 1. The summed E-state index contributed by atoms with van der Waals surface area (Å²) < 4.78 is 7.04. The van der Waals surface area contributed by atoms with Crippen molar-refractivity contribution < 1.29 is 14.3 Å². The average Bonchev–Trinajstić information content (AvgIpc) is 3.09. The Morgan fingerprint density at radius 2 is 2.21 bits per heavy atom. The average molecular weight is 336 g/mol. The first-order chi connectivity index (χ1) is 11.4. The number of hydrogen-bond donors (Lipinski definition) is 1. The van der Waals surface area contributed by atoms with Gasteiger partial charge in [-0.25, -0.2) is 0 Å². The summed E-state index contributed by atoms with van der Waals surface area (Å²) >= 11 is 0. The molecule has 0 aromatic carbocycles. The highest BCUT2D eigenvalue weighted by atomic mass is 16.5. The third kappa shape index (κ3) is 4.56. The molecule has 7 heteroatoms. The fraction of sp³-hybridized carbons (Fsp3) is 0.706. The van der Waals surface area contributed by atoms with Crippen molar-refractivity contribution in [1.82, 2.24) is 20.0 Å². The molecule has 0 unspecified atom stereocenters. The van der Waals surface area contributed by atoms with Crippen molar-refractivity contribution in [2.45, 2.75) is 58.7 Å². The fourth-order valence-electron chi connectivity index (χ4n) is 3.31. The van der Waals surface area contributed by atoms with Gasteiger partial charge in [0, 0.05) is 32.9 Å².